The number of carbonyl (C=O) groups is 1. The van der Waals surface area contributed by atoms with Crippen LogP contribution < -0.4 is 5.32 Å². The second-order valence-corrected chi connectivity index (χ2v) is 4.55. The van der Waals surface area contributed by atoms with Crippen molar-refractivity contribution in [1.82, 2.24) is 0 Å². The number of hydrogen-bond acceptors (Lipinski definition) is 2. The van der Waals surface area contributed by atoms with Crippen LogP contribution in [0.4, 0.5) is 15.8 Å². The summed E-state index contributed by atoms with van der Waals surface area (Å²) in [7, 11) is 0. The lowest BCUT2D eigenvalue weighted by atomic mass is 10.1. The molecule has 2 N–H and O–H groups in total. The third kappa shape index (κ3) is 3.23. The Morgan fingerprint density at radius 3 is 2.68 bits per heavy atom. The topological polar surface area (TPSA) is 49.3 Å². The van der Waals surface area contributed by atoms with Gasteiger partial charge >= 0.3 is 5.97 Å². The fraction of sp³-hybridized carbons (Fsp3) is 0.0714. The second-order valence-electron chi connectivity index (χ2n) is 4.12. The molecule has 5 heteroatoms. The van der Waals surface area contributed by atoms with Crippen LogP contribution in [0.2, 0.25) is 5.02 Å². The zero-order valence-corrected chi connectivity index (χ0v) is 10.8. The first-order valence-electron chi connectivity index (χ1n) is 5.53. The van der Waals surface area contributed by atoms with E-state index in [-0.39, 0.29) is 5.56 Å². The van der Waals surface area contributed by atoms with E-state index in [1.165, 1.54) is 12.1 Å². The Kier molecular flexibility index (Phi) is 3.71. The van der Waals surface area contributed by atoms with Crippen molar-refractivity contribution in [2.45, 2.75) is 6.92 Å². The van der Waals surface area contributed by atoms with Crippen molar-refractivity contribution in [2.24, 2.45) is 0 Å². The molecule has 2 aromatic carbocycles. The molecule has 3 nitrogen and oxygen atoms in total. The summed E-state index contributed by atoms with van der Waals surface area (Å²) in [4.78, 5) is 10.9. The van der Waals surface area contributed by atoms with Gasteiger partial charge in [0.2, 0.25) is 0 Å². The summed E-state index contributed by atoms with van der Waals surface area (Å²) in [5.41, 5.74) is 1.88. The van der Waals surface area contributed by atoms with Gasteiger partial charge in [-0.05, 0) is 42.8 Å². The number of benzene rings is 2. The number of rotatable bonds is 3. The lowest BCUT2D eigenvalue weighted by molar-refractivity contribution is 0.0696. The maximum atomic E-state index is 13.3. The van der Waals surface area contributed by atoms with Gasteiger partial charge in [-0.1, -0.05) is 17.7 Å². The highest BCUT2D eigenvalue weighted by molar-refractivity contribution is 6.30. The molecule has 0 spiro atoms. The molecule has 0 saturated heterocycles. The predicted molar refractivity (Wildman–Crippen MR) is 72.8 cm³/mol. The number of nitrogens with one attached hydrogen (secondary N) is 1. The van der Waals surface area contributed by atoms with Crippen molar-refractivity contribution in [3.63, 3.8) is 0 Å². The Labute approximate surface area is 114 Å². The Hall–Kier alpha value is -2.07. The van der Waals surface area contributed by atoms with Crippen LogP contribution in [0.1, 0.15) is 15.9 Å². The van der Waals surface area contributed by atoms with E-state index in [1.54, 1.807) is 12.1 Å². The van der Waals surface area contributed by atoms with E-state index < -0.39 is 11.8 Å². The fourth-order valence-electron chi connectivity index (χ4n) is 1.67. The third-order valence-corrected chi connectivity index (χ3v) is 2.86. The van der Waals surface area contributed by atoms with Crippen LogP contribution in [0.15, 0.2) is 36.4 Å². The van der Waals surface area contributed by atoms with Gasteiger partial charge in [0.1, 0.15) is 5.82 Å². The number of aryl methyl sites for hydroxylation is 1. The maximum absolute atomic E-state index is 13.3. The van der Waals surface area contributed by atoms with E-state index in [2.05, 4.69) is 5.32 Å². The van der Waals surface area contributed by atoms with Crippen molar-refractivity contribution in [3.05, 3.63) is 58.4 Å². The summed E-state index contributed by atoms with van der Waals surface area (Å²) in [6.45, 7) is 1.87. The van der Waals surface area contributed by atoms with Gasteiger partial charge in [0.05, 0.1) is 5.56 Å². The van der Waals surface area contributed by atoms with Crippen LogP contribution >= 0.6 is 11.6 Å². The summed E-state index contributed by atoms with van der Waals surface area (Å²) >= 11 is 5.89. The normalized spacial score (nSPS) is 10.3. The maximum Gasteiger partial charge on any atom is 0.335 e. The molecule has 0 aliphatic heterocycles. The van der Waals surface area contributed by atoms with E-state index in [0.717, 1.165) is 11.6 Å². The van der Waals surface area contributed by atoms with Crippen LogP contribution in [-0.2, 0) is 0 Å². The highest BCUT2D eigenvalue weighted by Gasteiger charge is 2.08. The van der Waals surface area contributed by atoms with Crippen LogP contribution in [0.3, 0.4) is 0 Å². The smallest absolute Gasteiger partial charge is 0.335 e. The Bertz CT molecular complexity index is 643. The molecule has 0 atom stereocenters. The van der Waals surface area contributed by atoms with E-state index in [4.69, 9.17) is 16.7 Å². The van der Waals surface area contributed by atoms with Crippen molar-refractivity contribution in [2.75, 3.05) is 5.32 Å². The van der Waals surface area contributed by atoms with Crippen LogP contribution in [0.5, 0.6) is 0 Å². The number of aromatic carboxylic acids is 1. The van der Waals surface area contributed by atoms with Crippen LogP contribution in [0, 0.1) is 12.7 Å². The van der Waals surface area contributed by atoms with E-state index in [1.807, 2.05) is 13.0 Å². The summed E-state index contributed by atoms with van der Waals surface area (Å²) in [6.07, 6.45) is 0. The first-order valence-corrected chi connectivity index (χ1v) is 5.90. The quantitative estimate of drug-likeness (QED) is 0.884. The van der Waals surface area contributed by atoms with Crippen molar-refractivity contribution >= 4 is 28.9 Å². The average molecular weight is 280 g/mol. The van der Waals surface area contributed by atoms with Crippen molar-refractivity contribution in [1.29, 1.82) is 0 Å². The highest BCUT2D eigenvalue weighted by atomic mass is 35.5. The Balaban J connectivity index is 2.38. The molecule has 0 amide bonds. The molecule has 0 fully saturated rings. The Morgan fingerprint density at radius 1 is 1.26 bits per heavy atom. The number of carboxylic acid groups (broad SMARTS) is 1. The van der Waals surface area contributed by atoms with Crippen molar-refractivity contribution < 1.29 is 14.3 Å². The van der Waals surface area contributed by atoms with E-state index in [0.29, 0.717) is 16.4 Å². The van der Waals surface area contributed by atoms with Crippen LogP contribution in [0.25, 0.3) is 0 Å². The van der Waals surface area contributed by atoms with Gasteiger partial charge in [-0.25, -0.2) is 9.18 Å². The molecule has 0 aliphatic carbocycles. The van der Waals surface area contributed by atoms with Gasteiger partial charge in [0, 0.05) is 16.4 Å². The first kappa shape index (κ1) is 13.4. The molecule has 98 valence electrons. The monoisotopic (exact) mass is 279 g/mol. The highest BCUT2D eigenvalue weighted by Crippen LogP contribution is 2.25. The van der Waals surface area contributed by atoms with Gasteiger partial charge in [0.15, 0.2) is 0 Å². The third-order valence-electron chi connectivity index (χ3n) is 2.62. The predicted octanol–water partition coefficient (Wildman–Crippen LogP) is 4.23. The molecule has 0 aliphatic rings. The molecule has 0 aromatic heterocycles. The zero-order valence-electron chi connectivity index (χ0n) is 10.1. The molecule has 2 rings (SSSR count). The van der Waals surface area contributed by atoms with Crippen molar-refractivity contribution in [3.8, 4) is 0 Å². The van der Waals surface area contributed by atoms with Gasteiger partial charge in [-0.2, -0.15) is 0 Å². The molecule has 2 aromatic rings. The van der Waals surface area contributed by atoms with Gasteiger partial charge < -0.3 is 10.4 Å². The minimum Gasteiger partial charge on any atom is -0.478 e. The minimum absolute atomic E-state index is 0.109. The van der Waals surface area contributed by atoms with Gasteiger partial charge in [-0.15, -0.1) is 0 Å². The summed E-state index contributed by atoms with van der Waals surface area (Å²) in [5, 5.41) is 12.4. The summed E-state index contributed by atoms with van der Waals surface area (Å²) in [5.74, 6) is -1.78. The summed E-state index contributed by atoms with van der Waals surface area (Å²) < 4.78 is 13.3. The molecule has 19 heavy (non-hydrogen) atoms. The first-order chi connectivity index (χ1) is 8.95. The number of carboxylic acids is 1. The van der Waals surface area contributed by atoms with E-state index in [9.17, 15) is 9.18 Å². The average Bonchev–Trinajstić information content (AvgIpc) is 2.33. The minimum atomic E-state index is -1.18. The molecule has 0 unspecified atom stereocenters. The number of halogens is 2. The Morgan fingerprint density at radius 2 is 2.00 bits per heavy atom. The molecular weight excluding hydrogens is 269 g/mol. The standard InChI is InChI=1S/C14H11ClFNO2/c1-8-2-3-10(15)6-13(8)17-12-5-9(14(18)19)4-11(16)7-12/h2-7,17H,1H3,(H,18,19). The molecule has 0 radical (unpaired) electrons. The fourth-order valence-corrected chi connectivity index (χ4v) is 1.84. The van der Waals surface area contributed by atoms with Gasteiger partial charge in [-0.3, -0.25) is 0 Å². The molecule has 0 bridgehead atoms. The zero-order chi connectivity index (χ0) is 14.0. The summed E-state index contributed by atoms with van der Waals surface area (Å²) in [6, 6.07) is 8.83. The number of anilines is 2. The van der Waals surface area contributed by atoms with Gasteiger partial charge in [0.25, 0.3) is 0 Å². The largest absolute Gasteiger partial charge is 0.478 e. The van der Waals surface area contributed by atoms with Crippen LogP contribution in [-0.4, -0.2) is 11.1 Å². The molecule has 0 saturated carbocycles. The second kappa shape index (κ2) is 5.28. The molecule has 0 heterocycles. The molecular formula is C14H11ClFNO2. The lowest BCUT2D eigenvalue weighted by Gasteiger charge is -2.11. The number of hydrogen-bond donors (Lipinski definition) is 2. The van der Waals surface area contributed by atoms with E-state index >= 15 is 0 Å². The SMILES string of the molecule is Cc1ccc(Cl)cc1Nc1cc(F)cc(C(=O)O)c1. The lowest BCUT2D eigenvalue weighted by Crippen LogP contribution is -2.00.